The number of carbonyl (C=O) groups excluding carboxylic acids is 3. The lowest BCUT2D eigenvalue weighted by Gasteiger charge is -2.43. The summed E-state index contributed by atoms with van der Waals surface area (Å²) in [5, 5.41) is 2.66. The van der Waals surface area contributed by atoms with E-state index in [0.29, 0.717) is 6.42 Å². The molecule has 0 saturated carbocycles. The topological polar surface area (TPSA) is 136 Å². The first-order valence-corrected chi connectivity index (χ1v) is 16.7. The molecule has 0 aliphatic carbocycles. The smallest absolute Gasteiger partial charge is 0.294 e. The van der Waals surface area contributed by atoms with Gasteiger partial charge < -0.3 is 14.8 Å². The van der Waals surface area contributed by atoms with Gasteiger partial charge in [-0.2, -0.15) is 8.42 Å². The Labute approximate surface area is 269 Å². The summed E-state index contributed by atoms with van der Waals surface area (Å²) in [6.07, 6.45) is -0.304. The van der Waals surface area contributed by atoms with Gasteiger partial charge in [0, 0.05) is 30.6 Å². The molecule has 0 spiro atoms. The molecule has 0 aliphatic heterocycles. The third kappa shape index (κ3) is 11.4. The van der Waals surface area contributed by atoms with E-state index < -0.39 is 44.2 Å². The van der Waals surface area contributed by atoms with Crippen LogP contribution in [0.1, 0.15) is 100 Å². The highest BCUT2D eigenvalue weighted by atomic mass is 32.2. The molecule has 9 nitrogen and oxygen atoms in total. The number of amides is 1. The van der Waals surface area contributed by atoms with Crippen LogP contribution in [0.2, 0.25) is 0 Å². The molecule has 2 unspecified atom stereocenters. The normalized spacial score (nSPS) is 14.5. The molecule has 10 heteroatoms. The van der Waals surface area contributed by atoms with Crippen LogP contribution in [0.5, 0.6) is 0 Å². The van der Waals surface area contributed by atoms with Crippen LogP contribution in [0.3, 0.4) is 0 Å². The van der Waals surface area contributed by atoms with Crippen molar-refractivity contribution in [3.63, 3.8) is 0 Å². The Morgan fingerprint density at radius 1 is 0.844 bits per heavy atom. The molecule has 1 amide bonds. The van der Waals surface area contributed by atoms with Crippen molar-refractivity contribution in [2.24, 2.45) is 16.7 Å². The van der Waals surface area contributed by atoms with E-state index in [0.717, 1.165) is 5.56 Å². The number of hydrogen-bond acceptors (Lipinski definition) is 7. The van der Waals surface area contributed by atoms with Gasteiger partial charge in [-0.3, -0.25) is 18.9 Å². The zero-order valence-corrected chi connectivity index (χ0v) is 29.2. The van der Waals surface area contributed by atoms with Gasteiger partial charge in [-0.25, -0.2) is 0 Å². The van der Waals surface area contributed by atoms with E-state index in [1.165, 1.54) is 24.3 Å². The number of hydrogen-bond donors (Lipinski definition) is 2. The first-order chi connectivity index (χ1) is 20.4. The van der Waals surface area contributed by atoms with Gasteiger partial charge in [0.1, 0.15) is 11.9 Å². The molecule has 250 valence electrons. The maximum Gasteiger partial charge on any atom is 0.294 e. The second-order valence-corrected chi connectivity index (χ2v) is 16.1. The van der Waals surface area contributed by atoms with Gasteiger partial charge in [0.25, 0.3) is 10.1 Å². The standard InChI is InChI=1S/C35H51NO8S/c1-32(2,3)28(37)21-24(22-29(38)36-26-17-14-18-27(23-26)45(40,41)42)19-20-43-35(9,10)34(7,8)31(39)30(44-33(4,5)6)25-15-12-11-13-16-25/h11-18,23-24,30H,19-22H2,1-10H3,(H,36,38)(H,40,41,42). The lowest BCUT2D eigenvalue weighted by atomic mass is 9.71. The highest BCUT2D eigenvalue weighted by Crippen LogP contribution is 2.41. The average Bonchev–Trinajstić information content (AvgIpc) is 2.90. The SMILES string of the molecule is CC(C)(C)OC(C(=O)C(C)(C)C(C)(C)OCCC(CC(=O)Nc1cccc(S(=O)(=O)O)c1)CC(=O)C(C)(C)C)c1ccccc1. The molecule has 0 bridgehead atoms. The molecule has 0 heterocycles. The lowest BCUT2D eigenvalue weighted by Crippen LogP contribution is -2.50. The summed E-state index contributed by atoms with van der Waals surface area (Å²) in [5.41, 5.74) is -2.13. The van der Waals surface area contributed by atoms with Gasteiger partial charge in [0.15, 0.2) is 5.78 Å². The minimum absolute atomic E-state index is 0.00605. The first kappa shape index (κ1) is 38.3. The molecular formula is C35H51NO8S. The zero-order chi connectivity index (χ0) is 34.4. The summed E-state index contributed by atoms with van der Waals surface area (Å²) in [5.74, 6) is -0.917. The summed E-state index contributed by atoms with van der Waals surface area (Å²) in [6, 6.07) is 14.7. The van der Waals surface area contributed by atoms with Crippen molar-refractivity contribution >= 4 is 33.3 Å². The molecule has 0 aromatic heterocycles. The molecule has 2 N–H and O–H groups in total. The highest BCUT2D eigenvalue weighted by molar-refractivity contribution is 7.85. The van der Waals surface area contributed by atoms with Crippen molar-refractivity contribution < 1.29 is 36.8 Å². The van der Waals surface area contributed by atoms with Crippen molar-refractivity contribution in [3.05, 3.63) is 60.2 Å². The van der Waals surface area contributed by atoms with E-state index in [1.807, 2.05) is 99.6 Å². The van der Waals surface area contributed by atoms with E-state index in [9.17, 15) is 27.4 Å². The van der Waals surface area contributed by atoms with E-state index in [1.54, 1.807) is 0 Å². The number of rotatable bonds is 15. The van der Waals surface area contributed by atoms with Crippen LogP contribution in [-0.2, 0) is 34.0 Å². The van der Waals surface area contributed by atoms with Crippen molar-refractivity contribution in [1.29, 1.82) is 0 Å². The summed E-state index contributed by atoms with van der Waals surface area (Å²) in [7, 11) is -4.44. The number of benzene rings is 2. The minimum Gasteiger partial charge on any atom is -0.375 e. The number of anilines is 1. The van der Waals surface area contributed by atoms with Gasteiger partial charge >= 0.3 is 0 Å². The largest absolute Gasteiger partial charge is 0.375 e. The molecule has 0 fully saturated rings. The highest BCUT2D eigenvalue weighted by Gasteiger charge is 2.48. The Hall–Kier alpha value is -2.92. The van der Waals surface area contributed by atoms with Gasteiger partial charge in [0.05, 0.1) is 21.5 Å². The van der Waals surface area contributed by atoms with E-state index in [4.69, 9.17) is 9.47 Å². The minimum atomic E-state index is -4.44. The Kier molecular flexibility index (Phi) is 12.5. The van der Waals surface area contributed by atoms with Gasteiger partial charge in [-0.05, 0) is 70.7 Å². The maximum absolute atomic E-state index is 14.1. The van der Waals surface area contributed by atoms with Crippen LogP contribution in [-0.4, -0.2) is 48.3 Å². The van der Waals surface area contributed by atoms with Crippen LogP contribution in [0.4, 0.5) is 5.69 Å². The second-order valence-electron chi connectivity index (χ2n) is 14.7. The maximum atomic E-state index is 14.1. The van der Waals surface area contributed by atoms with Gasteiger partial charge in [-0.1, -0.05) is 71.0 Å². The van der Waals surface area contributed by atoms with Crippen LogP contribution < -0.4 is 5.32 Å². The Balaban J connectivity index is 2.21. The Bertz CT molecular complexity index is 1430. The molecule has 45 heavy (non-hydrogen) atoms. The van der Waals surface area contributed by atoms with Crippen molar-refractivity contribution in [1.82, 2.24) is 0 Å². The van der Waals surface area contributed by atoms with Gasteiger partial charge in [-0.15, -0.1) is 0 Å². The number of ketones is 2. The monoisotopic (exact) mass is 645 g/mol. The quantitative estimate of drug-likeness (QED) is 0.194. The Morgan fingerprint density at radius 3 is 1.98 bits per heavy atom. The number of ether oxygens (including phenoxy) is 2. The molecule has 0 aliphatic rings. The van der Waals surface area contributed by atoms with Gasteiger partial charge in [0.2, 0.25) is 5.91 Å². The Morgan fingerprint density at radius 2 is 1.44 bits per heavy atom. The zero-order valence-electron chi connectivity index (χ0n) is 28.4. The summed E-state index contributed by atoms with van der Waals surface area (Å²) >= 11 is 0. The van der Waals surface area contributed by atoms with E-state index in [-0.39, 0.29) is 47.5 Å². The van der Waals surface area contributed by atoms with Crippen molar-refractivity contribution in [2.75, 3.05) is 11.9 Å². The number of nitrogens with one attached hydrogen (secondary N) is 1. The van der Waals surface area contributed by atoms with Crippen LogP contribution in [0.25, 0.3) is 0 Å². The van der Waals surface area contributed by atoms with E-state index >= 15 is 0 Å². The first-order valence-electron chi connectivity index (χ1n) is 15.3. The third-order valence-electron chi connectivity index (χ3n) is 8.12. The molecule has 0 radical (unpaired) electrons. The van der Waals surface area contributed by atoms with Crippen LogP contribution in [0.15, 0.2) is 59.5 Å². The molecular weight excluding hydrogens is 594 g/mol. The third-order valence-corrected chi connectivity index (χ3v) is 8.97. The predicted molar refractivity (Wildman–Crippen MR) is 176 cm³/mol. The summed E-state index contributed by atoms with van der Waals surface area (Å²) in [4.78, 5) is 39.7. The van der Waals surface area contributed by atoms with Crippen LogP contribution >= 0.6 is 0 Å². The lowest BCUT2D eigenvalue weighted by molar-refractivity contribution is -0.169. The fourth-order valence-corrected chi connectivity index (χ4v) is 5.12. The van der Waals surface area contributed by atoms with Crippen LogP contribution in [0, 0.1) is 16.7 Å². The number of Topliss-reactive ketones (excluding diaryl/α,β-unsaturated/α-hetero) is 2. The summed E-state index contributed by atoms with van der Waals surface area (Å²) in [6.45, 7) is 18.8. The molecule has 2 atom stereocenters. The van der Waals surface area contributed by atoms with Crippen molar-refractivity contribution in [3.8, 4) is 0 Å². The molecule has 2 aromatic carbocycles. The molecule has 2 aromatic rings. The second kappa shape index (κ2) is 14.7. The molecule has 2 rings (SSSR count). The van der Waals surface area contributed by atoms with Crippen molar-refractivity contribution in [2.45, 2.75) is 111 Å². The molecule has 0 saturated heterocycles. The fraction of sp³-hybridized carbons (Fsp3) is 0.571. The van der Waals surface area contributed by atoms with E-state index in [2.05, 4.69) is 5.32 Å². The number of carbonyl (C=O) groups is 3. The summed E-state index contributed by atoms with van der Waals surface area (Å²) < 4.78 is 45.0. The fourth-order valence-electron chi connectivity index (χ4n) is 4.59. The average molecular weight is 646 g/mol. The predicted octanol–water partition coefficient (Wildman–Crippen LogP) is 7.22.